The van der Waals surface area contributed by atoms with E-state index in [2.05, 4.69) is 0 Å². The Labute approximate surface area is 173 Å². The number of aryl methyl sites for hydroxylation is 2. The number of ether oxygens (including phenoxy) is 1. The maximum atomic E-state index is 12.8. The van der Waals surface area contributed by atoms with Gasteiger partial charge < -0.3 is 9.84 Å². The lowest BCUT2D eigenvalue weighted by Gasteiger charge is -2.24. The number of carboxylic acid groups (broad SMARTS) is 1. The highest BCUT2D eigenvalue weighted by Crippen LogP contribution is 2.29. The first-order valence-corrected chi connectivity index (χ1v) is 9.52. The molecule has 0 bridgehead atoms. The zero-order valence-electron chi connectivity index (χ0n) is 16.8. The van der Waals surface area contributed by atoms with E-state index in [0.29, 0.717) is 17.3 Å². The monoisotopic (exact) mass is 414 g/mol. The van der Waals surface area contributed by atoms with E-state index < -0.39 is 11.6 Å². The molecule has 0 unspecified atom stereocenters. The maximum absolute atomic E-state index is 12.8. The van der Waals surface area contributed by atoms with Crippen molar-refractivity contribution < 1.29 is 14.6 Å². The average Bonchev–Trinajstić information content (AvgIpc) is 2.99. The van der Waals surface area contributed by atoms with Crippen LogP contribution >= 0.6 is 11.6 Å². The summed E-state index contributed by atoms with van der Waals surface area (Å²) in [4.78, 5) is 24.1. The van der Waals surface area contributed by atoms with Gasteiger partial charge in [-0.25, -0.2) is 9.59 Å². The molecular formula is C22H23ClN2O4. The lowest BCUT2D eigenvalue weighted by molar-refractivity contribution is -0.152. The molecule has 0 radical (unpaired) electrons. The van der Waals surface area contributed by atoms with Crippen molar-refractivity contribution in [2.24, 2.45) is 0 Å². The quantitative estimate of drug-likeness (QED) is 0.656. The van der Waals surface area contributed by atoms with Gasteiger partial charge in [0.1, 0.15) is 5.75 Å². The molecule has 1 heterocycles. The van der Waals surface area contributed by atoms with Crippen molar-refractivity contribution >= 4 is 17.6 Å². The number of halogens is 1. The molecule has 1 N–H and O–H groups in total. The third-order valence-corrected chi connectivity index (χ3v) is 4.95. The summed E-state index contributed by atoms with van der Waals surface area (Å²) >= 11 is 5.92. The highest BCUT2D eigenvalue weighted by atomic mass is 35.5. The van der Waals surface area contributed by atoms with Gasteiger partial charge in [-0.15, -0.1) is 0 Å². The van der Waals surface area contributed by atoms with Crippen molar-refractivity contribution in [1.29, 1.82) is 0 Å². The van der Waals surface area contributed by atoms with E-state index >= 15 is 0 Å². The second-order valence-corrected chi connectivity index (χ2v) is 7.97. The van der Waals surface area contributed by atoms with Gasteiger partial charge >= 0.3 is 11.7 Å². The molecule has 7 heteroatoms. The summed E-state index contributed by atoms with van der Waals surface area (Å²) < 4.78 is 8.92. The Bertz CT molecular complexity index is 1090. The van der Waals surface area contributed by atoms with Crippen LogP contribution in [-0.2, 0) is 11.3 Å². The summed E-state index contributed by atoms with van der Waals surface area (Å²) in [7, 11) is 0. The zero-order valence-corrected chi connectivity index (χ0v) is 17.5. The van der Waals surface area contributed by atoms with Gasteiger partial charge in [0, 0.05) is 17.4 Å². The van der Waals surface area contributed by atoms with Crippen LogP contribution in [-0.4, -0.2) is 25.8 Å². The highest BCUT2D eigenvalue weighted by molar-refractivity contribution is 6.30. The molecule has 0 aliphatic rings. The topological polar surface area (TPSA) is 73.5 Å². The van der Waals surface area contributed by atoms with Crippen LogP contribution in [0.1, 0.15) is 30.5 Å². The number of nitrogens with zero attached hydrogens (tertiary/aromatic N) is 2. The molecule has 0 aliphatic carbocycles. The average molecular weight is 415 g/mol. The van der Waals surface area contributed by atoms with Crippen LogP contribution in [0.2, 0.25) is 5.02 Å². The molecule has 2 aromatic carbocycles. The molecule has 29 heavy (non-hydrogen) atoms. The molecule has 0 saturated heterocycles. The van der Waals surface area contributed by atoms with E-state index in [1.165, 1.54) is 13.8 Å². The van der Waals surface area contributed by atoms with E-state index in [0.717, 1.165) is 22.4 Å². The number of benzene rings is 2. The number of imidazole rings is 1. The van der Waals surface area contributed by atoms with Crippen LogP contribution in [0.25, 0.3) is 5.69 Å². The van der Waals surface area contributed by atoms with Crippen LogP contribution in [0.5, 0.6) is 5.75 Å². The Morgan fingerprint density at radius 3 is 2.24 bits per heavy atom. The van der Waals surface area contributed by atoms with Gasteiger partial charge in [0.2, 0.25) is 0 Å². The first-order valence-electron chi connectivity index (χ1n) is 9.15. The largest absolute Gasteiger partial charge is 0.478 e. The lowest BCUT2D eigenvalue weighted by Crippen LogP contribution is -2.38. The number of aromatic nitrogens is 2. The van der Waals surface area contributed by atoms with Gasteiger partial charge in [0.15, 0.2) is 5.60 Å². The third kappa shape index (κ3) is 4.38. The van der Waals surface area contributed by atoms with Gasteiger partial charge in [0.05, 0.1) is 12.2 Å². The molecule has 0 aliphatic heterocycles. The number of rotatable bonds is 6. The number of hydrogen-bond donors (Lipinski definition) is 1. The Hall–Kier alpha value is -2.99. The summed E-state index contributed by atoms with van der Waals surface area (Å²) in [6.07, 6.45) is 3.46. The summed E-state index contributed by atoms with van der Waals surface area (Å²) in [5.41, 5.74) is 1.82. The van der Waals surface area contributed by atoms with Crippen molar-refractivity contribution in [2.45, 2.75) is 39.8 Å². The first kappa shape index (κ1) is 20.7. The molecule has 0 amide bonds. The first-order chi connectivity index (χ1) is 13.6. The number of hydrogen-bond acceptors (Lipinski definition) is 3. The predicted octanol–water partition coefficient (Wildman–Crippen LogP) is 4.20. The summed E-state index contributed by atoms with van der Waals surface area (Å²) in [5.74, 6) is -0.484. The summed E-state index contributed by atoms with van der Waals surface area (Å²) in [5, 5.41) is 9.91. The molecule has 152 valence electrons. The van der Waals surface area contributed by atoms with Crippen molar-refractivity contribution in [3.8, 4) is 11.4 Å². The second kappa shape index (κ2) is 7.79. The highest BCUT2D eigenvalue weighted by Gasteiger charge is 2.30. The van der Waals surface area contributed by atoms with Crippen molar-refractivity contribution in [2.75, 3.05) is 0 Å². The molecular weight excluding hydrogens is 392 g/mol. The molecule has 1 aromatic heterocycles. The van der Waals surface area contributed by atoms with Crippen molar-refractivity contribution in [3.05, 3.63) is 81.0 Å². The molecule has 0 spiro atoms. The molecule has 0 saturated carbocycles. The van der Waals surface area contributed by atoms with Gasteiger partial charge in [-0.2, -0.15) is 0 Å². The standard InChI is InChI=1S/C22H23ClN2O4/c1-14-11-16(12-15(2)19(14)29-22(3,4)20(26)27)13-24-9-10-25(21(24)28)18-7-5-17(23)6-8-18/h5-12H,13H2,1-4H3,(H,26,27). The zero-order chi connectivity index (χ0) is 21.3. The summed E-state index contributed by atoms with van der Waals surface area (Å²) in [6, 6.07) is 10.9. The lowest BCUT2D eigenvalue weighted by atomic mass is 10.0. The predicted molar refractivity (Wildman–Crippen MR) is 112 cm³/mol. The number of aliphatic carboxylic acids is 1. The Kier molecular flexibility index (Phi) is 5.57. The van der Waals surface area contributed by atoms with Crippen LogP contribution in [0.4, 0.5) is 0 Å². The van der Waals surface area contributed by atoms with Gasteiger partial charge in [0.25, 0.3) is 0 Å². The van der Waals surface area contributed by atoms with E-state index in [1.54, 1.807) is 45.8 Å². The molecule has 3 rings (SSSR count). The SMILES string of the molecule is Cc1cc(Cn2ccn(-c3ccc(Cl)cc3)c2=O)cc(C)c1OC(C)(C)C(=O)O. The van der Waals surface area contributed by atoms with Gasteiger partial charge in [-0.3, -0.25) is 9.13 Å². The Morgan fingerprint density at radius 2 is 1.69 bits per heavy atom. The minimum absolute atomic E-state index is 0.157. The molecule has 3 aromatic rings. The van der Waals surface area contributed by atoms with Gasteiger partial charge in [-0.05, 0) is 68.7 Å². The van der Waals surface area contributed by atoms with Crippen LogP contribution in [0.15, 0.2) is 53.6 Å². The fourth-order valence-electron chi connectivity index (χ4n) is 3.12. The Morgan fingerprint density at radius 1 is 1.10 bits per heavy atom. The van der Waals surface area contributed by atoms with Crippen LogP contribution < -0.4 is 10.4 Å². The van der Waals surface area contributed by atoms with E-state index in [-0.39, 0.29) is 5.69 Å². The maximum Gasteiger partial charge on any atom is 0.347 e. The van der Waals surface area contributed by atoms with Crippen LogP contribution in [0.3, 0.4) is 0 Å². The number of carboxylic acids is 1. The minimum Gasteiger partial charge on any atom is -0.478 e. The Balaban J connectivity index is 1.87. The molecule has 0 fully saturated rings. The number of carbonyl (C=O) groups is 1. The van der Waals surface area contributed by atoms with E-state index in [1.807, 2.05) is 26.0 Å². The van der Waals surface area contributed by atoms with E-state index in [9.17, 15) is 14.7 Å². The molecule has 6 nitrogen and oxygen atoms in total. The molecule has 0 atom stereocenters. The van der Waals surface area contributed by atoms with Gasteiger partial charge in [-0.1, -0.05) is 23.7 Å². The van der Waals surface area contributed by atoms with E-state index in [4.69, 9.17) is 16.3 Å². The van der Waals surface area contributed by atoms with Crippen molar-refractivity contribution in [1.82, 2.24) is 9.13 Å². The second-order valence-electron chi connectivity index (χ2n) is 7.53. The van der Waals surface area contributed by atoms with Crippen LogP contribution in [0, 0.1) is 13.8 Å². The van der Waals surface area contributed by atoms with Crippen molar-refractivity contribution in [3.63, 3.8) is 0 Å². The smallest absolute Gasteiger partial charge is 0.347 e. The fraction of sp³-hybridized carbons (Fsp3) is 0.273. The minimum atomic E-state index is -1.33. The normalized spacial score (nSPS) is 11.5. The summed E-state index contributed by atoms with van der Waals surface area (Å²) in [6.45, 7) is 7.16. The third-order valence-electron chi connectivity index (χ3n) is 4.70. The fourth-order valence-corrected chi connectivity index (χ4v) is 3.25.